The van der Waals surface area contributed by atoms with Gasteiger partial charge in [0.25, 0.3) is 0 Å². The molecular weight excluding hydrogens is 277 g/mol. The van der Waals surface area contributed by atoms with Gasteiger partial charge in [-0.1, -0.05) is 41.4 Å². The fourth-order valence-electron chi connectivity index (χ4n) is 2.58. The summed E-state index contributed by atoms with van der Waals surface area (Å²) >= 11 is 12.0. The summed E-state index contributed by atoms with van der Waals surface area (Å²) in [6, 6.07) is 16.6. The first-order valence-electron chi connectivity index (χ1n) is 6.48. The van der Waals surface area contributed by atoms with Crippen LogP contribution >= 0.6 is 23.2 Å². The van der Waals surface area contributed by atoms with E-state index in [0.29, 0.717) is 12.0 Å². The number of hydrogen-bond donors (Lipinski definition) is 1. The van der Waals surface area contributed by atoms with Gasteiger partial charge in [0.2, 0.25) is 0 Å². The molecule has 0 bridgehead atoms. The van der Waals surface area contributed by atoms with Gasteiger partial charge in [-0.05, 0) is 54.7 Å². The summed E-state index contributed by atoms with van der Waals surface area (Å²) in [5.41, 5.74) is 2.44. The molecule has 0 saturated heterocycles. The SMILES string of the molecule is Clc1cccc(NC2CC(c3cccc(Cl)c3)C2)c1. The Morgan fingerprint density at radius 3 is 2.26 bits per heavy atom. The Kier molecular flexibility index (Phi) is 3.67. The number of hydrogen-bond acceptors (Lipinski definition) is 1. The third-order valence-corrected chi connectivity index (χ3v) is 4.12. The van der Waals surface area contributed by atoms with Gasteiger partial charge < -0.3 is 5.32 Å². The second kappa shape index (κ2) is 5.44. The number of rotatable bonds is 3. The summed E-state index contributed by atoms with van der Waals surface area (Å²) < 4.78 is 0. The molecule has 0 heterocycles. The van der Waals surface area contributed by atoms with Crippen LogP contribution in [0.2, 0.25) is 10.0 Å². The number of halogens is 2. The molecule has 1 nitrogen and oxygen atoms in total. The first-order valence-corrected chi connectivity index (χ1v) is 7.24. The zero-order valence-electron chi connectivity index (χ0n) is 10.4. The van der Waals surface area contributed by atoms with Crippen LogP contribution in [0, 0.1) is 0 Å². The van der Waals surface area contributed by atoms with Gasteiger partial charge in [0.05, 0.1) is 0 Å². The second-order valence-corrected chi connectivity index (χ2v) is 5.95. The number of nitrogens with one attached hydrogen (secondary N) is 1. The number of benzene rings is 2. The molecule has 3 rings (SSSR count). The van der Waals surface area contributed by atoms with Crippen LogP contribution in [-0.2, 0) is 0 Å². The Morgan fingerprint density at radius 1 is 0.895 bits per heavy atom. The molecule has 3 heteroatoms. The smallest absolute Gasteiger partial charge is 0.0426 e. The highest BCUT2D eigenvalue weighted by Crippen LogP contribution is 2.39. The van der Waals surface area contributed by atoms with Crippen LogP contribution in [0.3, 0.4) is 0 Å². The van der Waals surface area contributed by atoms with E-state index in [4.69, 9.17) is 23.2 Å². The van der Waals surface area contributed by atoms with Gasteiger partial charge in [-0.15, -0.1) is 0 Å². The zero-order chi connectivity index (χ0) is 13.2. The van der Waals surface area contributed by atoms with Crippen LogP contribution in [-0.4, -0.2) is 6.04 Å². The molecule has 1 fully saturated rings. The van der Waals surface area contributed by atoms with Crippen molar-refractivity contribution in [3.05, 3.63) is 64.1 Å². The van der Waals surface area contributed by atoms with Gasteiger partial charge in [-0.25, -0.2) is 0 Å². The summed E-state index contributed by atoms with van der Waals surface area (Å²) in [6.45, 7) is 0. The monoisotopic (exact) mass is 291 g/mol. The fraction of sp³-hybridized carbons (Fsp3) is 0.250. The third-order valence-electron chi connectivity index (χ3n) is 3.65. The van der Waals surface area contributed by atoms with Gasteiger partial charge in [-0.2, -0.15) is 0 Å². The summed E-state index contributed by atoms with van der Waals surface area (Å²) in [7, 11) is 0. The largest absolute Gasteiger partial charge is 0.382 e. The Morgan fingerprint density at radius 2 is 1.58 bits per heavy atom. The van der Waals surface area contributed by atoms with Gasteiger partial charge in [-0.3, -0.25) is 0 Å². The molecule has 0 atom stereocenters. The maximum Gasteiger partial charge on any atom is 0.0426 e. The normalized spacial score (nSPS) is 21.8. The standard InChI is InChI=1S/C16H15Cl2N/c17-13-4-1-3-11(7-13)12-8-16(9-12)19-15-6-2-5-14(18)10-15/h1-7,10,12,16,19H,8-9H2. The molecule has 1 saturated carbocycles. The van der Waals surface area contributed by atoms with E-state index in [1.165, 1.54) is 5.56 Å². The first kappa shape index (κ1) is 12.8. The molecule has 0 aliphatic heterocycles. The maximum absolute atomic E-state index is 6.02. The van der Waals surface area contributed by atoms with E-state index in [1.807, 2.05) is 30.3 Å². The topological polar surface area (TPSA) is 12.0 Å². The molecule has 19 heavy (non-hydrogen) atoms. The van der Waals surface area contributed by atoms with Crippen LogP contribution in [0.1, 0.15) is 24.3 Å². The van der Waals surface area contributed by atoms with Crippen molar-refractivity contribution in [2.45, 2.75) is 24.8 Å². The van der Waals surface area contributed by atoms with E-state index in [-0.39, 0.29) is 0 Å². The fourth-order valence-corrected chi connectivity index (χ4v) is 2.97. The highest BCUT2D eigenvalue weighted by atomic mass is 35.5. The van der Waals surface area contributed by atoms with Crippen molar-refractivity contribution in [2.24, 2.45) is 0 Å². The van der Waals surface area contributed by atoms with E-state index in [2.05, 4.69) is 23.5 Å². The van der Waals surface area contributed by atoms with Crippen molar-refractivity contribution in [3.63, 3.8) is 0 Å². The van der Waals surface area contributed by atoms with Crippen LogP contribution in [0.5, 0.6) is 0 Å². The van der Waals surface area contributed by atoms with Gasteiger partial charge in [0.15, 0.2) is 0 Å². The lowest BCUT2D eigenvalue weighted by atomic mass is 9.76. The minimum atomic E-state index is 0.530. The van der Waals surface area contributed by atoms with Crippen molar-refractivity contribution < 1.29 is 0 Å². The highest BCUT2D eigenvalue weighted by Gasteiger charge is 2.30. The molecule has 2 aromatic carbocycles. The van der Waals surface area contributed by atoms with Crippen molar-refractivity contribution in [2.75, 3.05) is 5.32 Å². The lowest BCUT2D eigenvalue weighted by Crippen LogP contribution is -2.33. The molecule has 0 radical (unpaired) electrons. The van der Waals surface area contributed by atoms with E-state index in [1.54, 1.807) is 0 Å². The van der Waals surface area contributed by atoms with Crippen molar-refractivity contribution >= 4 is 28.9 Å². The lowest BCUT2D eigenvalue weighted by molar-refractivity contribution is 0.374. The van der Waals surface area contributed by atoms with E-state index in [0.717, 1.165) is 28.6 Å². The predicted octanol–water partition coefficient (Wildman–Crippen LogP) is 5.35. The van der Waals surface area contributed by atoms with Crippen molar-refractivity contribution in [3.8, 4) is 0 Å². The molecule has 0 aromatic heterocycles. The van der Waals surface area contributed by atoms with Crippen molar-refractivity contribution in [1.82, 2.24) is 0 Å². The number of anilines is 1. The Bertz CT molecular complexity index is 576. The predicted molar refractivity (Wildman–Crippen MR) is 82.3 cm³/mol. The van der Waals surface area contributed by atoms with Crippen molar-refractivity contribution in [1.29, 1.82) is 0 Å². The first-order chi connectivity index (χ1) is 9.20. The molecule has 98 valence electrons. The molecule has 2 aromatic rings. The minimum Gasteiger partial charge on any atom is -0.382 e. The molecule has 0 unspecified atom stereocenters. The van der Waals surface area contributed by atoms with E-state index >= 15 is 0 Å². The summed E-state index contributed by atoms with van der Waals surface area (Å²) in [4.78, 5) is 0. The van der Waals surface area contributed by atoms with Gasteiger partial charge in [0, 0.05) is 21.8 Å². The van der Waals surface area contributed by atoms with Crippen LogP contribution < -0.4 is 5.32 Å². The van der Waals surface area contributed by atoms with E-state index < -0.39 is 0 Å². The van der Waals surface area contributed by atoms with Crippen LogP contribution in [0.25, 0.3) is 0 Å². The van der Waals surface area contributed by atoms with Gasteiger partial charge in [0.1, 0.15) is 0 Å². The molecule has 0 amide bonds. The lowest BCUT2D eigenvalue weighted by Gasteiger charge is -2.37. The quantitative estimate of drug-likeness (QED) is 0.804. The minimum absolute atomic E-state index is 0.530. The summed E-state index contributed by atoms with van der Waals surface area (Å²) in [6.07, 6.45) is 2.29. The molecular formula is C16H15Cl2N. The van der Waals surface area contributed by atoms with E-state index in [9.17, 15) is 0 Å². The second-order valence-electron chi connectivity index (χ2n) is 5.07. The average Bonchev–Trinajstić information content (AvgIpc) is 2.33. The summed E-state index contributed by atoms with van der Waals surface area (Å²) in [5.74, 6) is 0.621. The summed E-state index contributed by atoms with van der Waals surface area (Å²) in [5, 5.41) is 5.11. The molecule has 1 N–H and O–H groups in total. The molecule has 0 spiro atoms. The highest BCUT2D eigenvalue weighted by molar-refractivity contribution is 6.31. The third kappa shape index (κ3) is 3.05. The Hall–Kier alpha value is -1.18. The Labute approximate surface area is 123 Å². The Balaban J connectivity index is 1.58. The van der Waals surface area contributed by atoms with Crippen LogP contribution in [0.15, 0.2) is 48.5 Å². The zero-order valence-corrected chi connectivity index (χ0v) is 12.0. The molecule has 1 aliphatic carbocycles. The van der Waals surface area contributed by atoms with Gasteiger partial charge >= 0.3 is 0 Å². The van der Waals surface area contributed by atoms with Crippen LogP contribution in [0.4, 0.5) is 5.69 Å². The molecule has 1 aliphatic rings. The maximum atomic E-state index is 6.02. The average molecular weight is 292 g/mol.